The van der Waals surface area contributed by atoms with Crippen molar-refractivity contribution in [1.82, 2.24) is 19.6 Å². The van der Waals surface area contributed by atoms with Gasteiger partial charge in [-0.05, 0) is 98.6 Å². The molecule has 3 amide bonds. The lowest BCUT2D eigenvalue weighted by atomic mass is 10.00. The van der Waals surface area contributed by atoms with Crippen LogP contribution in [0, 0.1) is 23.7 Å². The van der Waals surface area contributed by atoms with Crippen molar-refractivity contribution in [2.45, 2.75) is 163 Å². The molecule has 8 atom stereocenters. The highest BCUT2D eigenvalue weighted by molar-refractivity contribution is 7.80. The van der Waals surface area contributed by atoms with Gasteiger partial charge in [-0.25, -0.2) is 19.2 Å². The first-order chi connectivity index (χ1) is 35.3. The highest BCUT2D eigenvalue weighted by Crippen LogP contribution is 2.25. The number of esters is 4. The molecule has 75 heavy (non-hydrogen) atoms. The number of amides is 3. The Morgan fingerprint density at radius 3 is 1.28 bits per heavy atom. The monoisotopic (exact) mass is 1060 g/mol. The predicted molar refractivity (Wildman–Crippen MR) is 286 cm³/mol. The zero-order valence-corrected chi connectivity index (χ0v) is 47.1. The van der Waals surface area contributed by atoms with Gasteiger partial charge in [0.15, 0.2) is 18.3 Å². The van der Waals surface area contributed by atoms with Crippen LogP contribution in [-0.4, -0.2) is 143 Å². The van der Waals surface area contributed by atoms with E-state index in [0.29, 0.717) is 22.6 Å². The molecule has 3 aromatic rings. The topological polar surface area (TPSA) is 192 Å². The largest absolute Gasteiger partial charge is 0.486 e. The molecule has 1 fully saturated rings. The van der Waals surface area contributed by atoms with E-state index in [0.717, 1.165) is 4.90 Å². The SMILES string of the molecule is CC(C)C[C@@H]1C(=O)O[C@@H](Cc2ccc(OCc3ccco3)cc2)C(=O)N(C)[C@H](CC(C)C)C(=O)O[C@@H](C)C(=S)N(C)[C@H](CC(C)C)C(=O)O[C@@H](Cc2ccccc2)C(=O)N(C)[C@H](CC(C)C)C(=O)O[C@@H](C)C(=O)N1C. The molecule has 0 N–H and O–H groups in total. The summed E-state index contributed by atoms with van der Waals surface area (Å²) in [5.41, 5.74) is 1.27. The molecule has 0 spiro atoms. The number of rotatable bonds is 15. The zero-order chi connectivity index (χ0) is 55.8. The van der Waals surface area contributed by atoms with E-state index in [-0.39, 0.29) is 73.8 Å². The molecule has 1 aromatic heterocycles. The van der Waals surface area contributed by atoms with E-state index >= 15 is 0 Å². The summed E-state index contributed by atoms with van der Waals surface area (Å²) in [6.07, 6.45) is -3.52. The van der Waals surface area contributed by atoms with E-state index in [2.05, 4.69) is 0 Å². The summed E-state index contributed by atoms with van der Waals surface area (Å²) in [6.45, 7) is 18.2. The maximum atomic E-state index is 14.9. The maximum absolute atomic E-state index is 14.9. The zero-order valence-electron chi connectivity index (χ0n) is 46.3. The fourth-order valence-corrected chi connectivity index (χ4v) is 8.97. The smallest absolute Gasteiger partial charge is 0.329 e. The van der Waals surface area contributed by atoms with Crippen LogP contribution in [0.15, 0.2) is 77.4 Å². The first kappa shape index (κ1) is 61.2. The average Bonchev–Trinajstić information content (AvgIpc) is 3.89. The first-order valence-electron chi connectivity index (χ1n) is 26.0. The van der Waals surface area contributed by atoms with Gasteiger partial charge < -0.3 is 47.7 Å². The van der Waals surface area contributed by atoms with Gasteiger partial charge in [-0.1, -0.05) is 110 Å². The summed E-state index contributed by atoms with van der Waals surface area (Å²) in [6, 6.07) is 14.7. The standard InChI is InChI=1S/C57H80N4O13S/c1-34(2)27-44-54(65)71-38(9)50(62)58(11)46(29-36(5)6)56(67)73-49(32-41-22-24-42(25-23-41)70-33-43-21-18-26-69-43)52(64)60(13)45(28-35(3)4)55(66)72-39(10)53(75)61(14)47(30-37(7)8)57(68)74-48(51(63)59(44)12)31-40-19-16-15-17-20-40/h15-26,34-39,44-49H,27-33H2,1-14H3/t38-,39-,44+,45+,46+,47+,48-,49-/m0/s1. The third-order valence-electron chi connectivity index (χ3n) is 13.0. The number of likely N-dealkylation sites (N-methyl/N-ethyl adjacent to an activating group) is 4. The molecule has 1 saturated heterocycles. The molecule has 0 aliphatic carbocycles. The Balaban J connectivity index is 1.84. The number of nitrogens with zero attached hydrogens (tertiary/aromatic N) is 4. The second-order valence-electron chi connectivity index (χ2n) is 21.3. The molecule has 1 aliphatic heterocycles. The van der Waals surface area contributed by atoms with Gasteiger partial charge in [0.1, 0.15) is 53.4 Å². The summed E-state index contributed by atoms with van der Waals surface area (Å²) in [4.78, 5) is 107. The summed E-state index contributed by atoms with van der Waals surface area (Å²) in [7, 11) is 5.84. The van der Waals surface area contributed by atoms with Crippen LogP contribution in [0.2, 0.25) is 0 Å². The number of hydrogen-bond donors (Lipinski definition) is 0. The van der Waals surface area contributed by atoms with Crippen molar-refractivity contribution in [3.8, 4) is 5.75 Å². The lowest BCUT2D eigenvalue weighted by Gasteiger charge is -2.36. The molecule has 0 saturated carbocycles. The quantitative estimate of drug-likeness (QED) is 0.0819. The molecule has 2 aromatic carbocycles. The highest BCUT2D eigenvalue weighted by Gasteiger charge is 2.42. The van der Waals surface area contributed by atoms with Crippen LogP contribution in [0.1, 0.15) is 112 Å². The Morgan fingerprint density at radius 2 is 0.867 bits per heavy atom. The molecule has 17 nitrogen and oxygen atoms in total. The number of benzene rings is 2. The molecule has 412 valence electrons. The predicted octanol–water partition coefficient (Wildman–Crippen LogP) is 7.64. The van der Waals surface area contributed by atoms with Gasteiger partial charge in [-0.15, -0.1) is 0 Å². The van der Waals surface area contributed by atoms with E-state index in [4.69, 9.17) is 40.3 Å². The Kier molecular flexibility index (Phi) is 23.3. The number of carbonyl (C=O) groups is 7. The maximum Gasteiger partial charge on any atom is 0.329 e. The van der Waals surface area contributed by atoms with Crippen LogP contribution >= 0.6 is 12.2 Å². The molecule has 0 bridgehead atoms. The van der Waals surface area contributed by atoms with Gasteiger partial charge in [0.2, 0.25) is 0 Å². The molecule has 18 heteroatoms. The average molecular weight is 1060 g/mol. The van der Waals surface area contributed by atoms with Crippen LogP contribution < -0.4 is 4.74 Å². The summed E-state index contributed by atoms with van der Waals surface area (Å²) < 4.78 is 35.5. The highest BCUT2D eigenvalue weighted by atomic mass is 32.1. The lowest BCUT2D eigenvalue weighted by Crippen LogP contribution is -2.54. The fraction of sp³-hybridized carbons (Fsp3) is 0.579. The second-order valence-corrected chi connectivity index (χ2v) is 21.7. The number of hydrogen-bond acceptors (Lipinski definition) is 14. The fourth-order valence-electron chi connectivity index (χ4n) is 8.79. The third-order valence-corrected chi connectivity index (χ3v) is 13.7. The van der Waals surface area contributed by atoms with Gasteiger partial charge in [-0.3, -0.25) is 14.4 Å². The van der Waals surface area contributed by atoms with Gasteiger partial charge in [0.05, 0.1) is 6.26 Å². The molecule has 1 aliphatic rings. The normalized spacial score (nSPS) is 23.9. The van der Waals surface area contributed by atoms with Crippen molar-refractivity contribution in [3.63, 3.8) is 0 Å². The minimum atomic E-state index is -1.51. The Morgan fingerprint density at radius 1 is 0.480 bits per heavy atom. The van der Waals surface area contributed by atoms with Crippen LogP contribution in [0.4, 0.5) is 0 Å². The van der Waals surface area contributed by atoms with Gasteiger partial charge >= 0.3 is 23.9 Å². The number of thiocarbonyl (C=S) groups is 1. The van der Waals surface area contributed by atoms with Crippen molar-refractivity contribution >= 4 is 58.8 Å². The molecule has 2 heterocycles. The van der Waals surface area contributed by atoms with Crippen molar-refractivity contribution in [1.29, 1.82) is 0 Å². The van der Waals surface area contributed by atoms with Crippen LogP contribution in [0.3, 0.4) is 0 Å². The molecule has 4 rings (SSSR count). The third kappa shape index (κ3) is 17.9. The minimum Gasteiger partial charge on any atom is -0.486 e. The van der Waals surface area contributed by atoms with Gasteiger partial charge in [-0.2, -0.15) is 0 Å². The number of furan rings is 1. The van der Waals surface area contributed by atoms with Crippen molar-refractivity contribution in [3.05, 3.63) is 89.9 Å². The van der Waals surface area contributed by atoms with E-state index in [1.165, 1.54) is 42.8 Å². The van der Waals surface area contributed by atoms with E-state index in [1.807, 2.05) is 61.5 Å². The first-order valence-corrected chi connectivity index (χ1v) is 26.4. The Hall–Kier alpha value is -6.30. The molecular weight excluding hydrogens is 981 g/mol. The minimum absolute atomic E-state index is 0.0402. The van der Waals surface area contributed by atoms with Gasteiger partial charge in [0, 0.05) is 41.0 Å². The molecule has 0 radical (unpaired) electrons. The van der Waals surface area contributed by atoms with E-state index < -0.39 is 90.2 Å². The van der Waals surface area contributed by atoms with E-state index in [9.17, 15) is 33.6 Å². The Labute approximate surface area is 448 Å². The summed E-state index contributed by atoms with van der Waals surface area (Å²) in [5, 5.41) is 0. The van der Waals surface area contributed by atoms with Crippen LogP contribution in [-0.2, 0) is 72.0 Å². The number of ether oxygens (including phenoxy) is 5. The number of cyclic esters (lactones) is 4. The Bertz CT molecular complexity index is 2360. The number of carbonyl (C=O) groups excluding carboxylic acids is 7. The summed E-state index contributed by atoms with van der Waals surface area (Å²) in [5.74, 6) is -4.88. The van der Waals surface area contributed by atoms with E-state index in [1.54, 1.807) is 80.9 Å². The summed E-state index contributed by atoms with van der Waals surface area (Å²) >= 11 is 5.93. The van der Waals surface area contributed by atoms with Gasteiger partial charge in [0.25, 0.3) is 17.7 Å². The second kappa shape index (κ2) is 28.6. The molecule has 0 unspecified atom stereocenters. The molecular formula is C57H80N4O13S. The van der Waals surface area contributed by atoms with Crippen LogP contribution in [0.25, 0.3) is 0 Å². The van der Waals surface area contributed by atoms with Crippen molar-refractivity contribution < 1.29 is 61.7 Å². The van der Waals surface area contributed by atoms with Crippen molar-refractivity contribution in [2.24, 2.45) is 23.7 Å². The van der Waals surface area contributed by atoms with Crippen LogP contribution in [0.5, 0.6) is 5.75 Å². The van der Waals surface area contributed by atoms with Crippen molar-refractivity contribution in [2.75, 3.05) is 28.2 Å². The lowest BCUT2D eigenvalue weighted by molar-refractivity contribution is -0.174.